The van der Waals surface area contributed by atoms with Crippen LogP contribution in [0.4, 0.5) is 5.69 Å². The van der Waals surface area contributed by atoms with Crippen LogP contribution in [0, 0.1) is 0 Å². The van der Waals surface area contributed by atoms with Crippen LogP contribution >= 0.6 is 23.5 Å². The first-order valence-electron chi connectivity index (χ1n) is 13.3. The average molecular weight is 715 g/mol. The second-order valence-corrected chi connectivity index (χ2v) is 14.2. The summed E-state index contributed by atoms with van der Waals surface area (Å²) in [7, 11) is -16.8. The van der Waals surface area contributed by atoms with Gasteiger partial charge in [0.2, 0.25) is 5.91 Å². The molecule has 18 nitrogen and oxygen atoms in total. The van der Waals surface area contributed by atoms with E-state index in [1.807, 2.05) is 47.5 Å². The van der Waals surface area contributed by atoms with Crippen molar-refractivity contribution < 1.29 is 61.1 Å². The summed E-state index contributed by atoms with van der Waals surface area (Å²) >= 11 is 0. The zero-order valence-electron chi connectivity index (χ0n) is 23.8. The maximum absolute atomic E-state index is 12.5. The van der Waals surface area contributed by atoms with E-state index in [1.165, 1.54) is 0 Å². The minimum atomic E-state index is -5.76. The number of carbonyl (C=O) groups excluding carboxylic acids is 1. The number of nitrogens with one attached hydrogen (secondary N) is 2. The molecule has 1 amide bonds. The van der Waals surface area contributed by atoms with Crippen molar-refractivity contribution in [2.75, 3.05) is 11.9 Å². The smallest absolute Gasteiger partial charge is 0.390 e. The van der Waals surface area contributed by atoms with Gasteiger partial charge in [0.05, 0.1) is 18.3 Å². The second kappa shape index (κ2) is 15.1. The molecule has 1 aliphatic heterocycles. The van der Waals surface area contributed by atoms with Gasteiger partial charge in [0, 0.05) is 24.4 Å². The number of aliphatic hydroxyl groups is 1. The Balaban J connectivity index is 1.36. The SMILES string of the molecule is O=C(/C=C/c1cn([C@H]2C[C@H](O)[C@@H](COP(=O)(O)OP(=O)(O)OP(=O)(O)O)O2)c(=O)[nH]c1=O)Nc1ccc(/C=C/c2ccccc2)cc1. The van der Waals surface area contributed by atoms with Gasteiger partial charge >= 0.3 is 29.2 Å². The Labute approximate surface area is 265 Å². The molecule has 1 saturated heterocycles. The molecule has 1 aliphatic rings. The van der Waals surface area contributed by atoms with Gasteiger partial charge in [-0.15, -0.1) is 0 Å². The number of phosphoric acid groups is 3. The van der Waals surface area contributed by atoms with Gasteiger partial charge in [-0.2, -0.15) is 8.62 Å². The predicted molar refractivity (Wildman–Crippen MR) is 165 cm³/mol. The Kier molecular flexibility index (Phi) is 11.6. The zero-order chi connectivity index (χ0) is 34.4. The highest BCUT2D eigenvalue weighted by molar-refractivity contribution is 7.66. The lowest BCUT2D eigenvalue weighted by atomic mass is 10.1. The number of nitrogens with zero attached hydrogens (tertiary/aromatic N) is 1. The molecule has 2 heterocycles. The summed E-state index contributed by atoms with van der Waals surface area (Å²) in [6, 6.07) is 16.7. The van der Waals surface area contributed by atoms with Crippen LogP contribution in [0.1, 0.15) is 29.3 Å². The molecule has 47 heavy (non-hydrogen) atoms. The molecule has 4 rings (SSSR count). The standard InChI is InChI=1S/C26H28N3O15P3/c30-21-14-24(42-22(21)16-41-46(37,38)44-47(39,40)43-45(34,35)36)29-15-19(25(32)28-26(29)33)10-13-23(31)27-20-11-8-18(9-12-20)7-6-17-4-2-1-3-5-17/h1-13,15,21-22,24,30H,14,16H2,(H,27,31)(H,37,38)(H,39,40)(H,28,32,33)(H2,34,35,36)/b7-6+,13-10+/t21-,22+,24+/m0/s1. The quantitative estimate of drug-likeness (QED) is 0.0760. The number of H-pyrrole nitrogens is 1. The monoisotopic (exact) mass is 715 g/mol. The lowest BCUT2D eigenvalue weighted by Gasteiger charge is -2.19. The van der Waals surface area contributed by atoms with E-state index in [4.69, 9.17) is 14.5 Å². The number of aromatic nitrogens is 2. The Morgan fingerprint density at radius 1 is 0.936 bits per heavy atom. The predicted octanol–water partition coefficient (Wildman–Crippen LogP) is 2.35. The van der Waals surface area contributed by atoms with Crippen LogP contribution in [0.2, 0.25) is 0 Å². The number of anilines is 1. The van der Waals surface area contributed by atoms with Crippen LogP contribution < -0.4 is 16.6 Å². The molecular weight excluding hydrogens is 687 g/mol. The van der Waals surface area contributed by atoms with Crippen molar-refractivity contribution in [3.8, 4) is 0 Å². The van der Waals surface area contributed by atoms with Gasteiger partial charge in [-0.1, -0.05) is 54.6 Å². The number of hydrogen-bond acceptors (Lipinski definition) is 11. The molecule has 2 aromatic carbocycles. The fourth-order valence-corrected chi connectivity index (χ4v) is 7.15. The van der Waals surface area contributed by atoms with Crippen molar-refractivity contribution >= 4 is 53.3 Å². The van der Waals surface area contributed by atoms with Crippen LogP contribution in [0.3, 0.4) is 0 Å². The van der Waals surface area contributed by atoms with E-state index in [1.54, 1.807) is 24.3 Å². The van der Waals surface area contributed by atoms with Crippen molar-refractivity contribution in [1.29, 1.82) is 0 Å². The van der Waals surface area contributed by atoms with E-state index in [0.717, 1.165) is 34.0 Å². The summed E-state index contributed by atoms with van der Waals surface area (Å²) in [6.45, 7) is -0.962. The number of ether oxygens (including phenoxy) is 1. The lowest BCUT2D eigenvalue weighted by Crippen LogP contribution is -2.33. The number of aromatic amines is 1. The van der Waals surface area contributed by atoms with Gasteiger partial charge in [-0.05, 0) is 29.3 Å². The van der Waals surface area contributed by atoms with E-state index in [2.05, 4.69) is 18.5 Å². The van der Waals surface area contributed by atoms with E-state index >= 15 is 0 Å². The van der Waals surface area contributed by atoms with E-state index in [0.29, 0.717) is 5.69 Å². The third kappa shape index (κ3) is 11.3. The molecule has 1 aromatic heterocycles. The molecule has 0 saturated carbocycles. The minimum absolute atomic E-state index is 0.143. The minimum Gasteiger partial charge on any atom is -0.390 e. The van der Waals surface area contributed by atoms with Crippen molar-refractivity contribution in [2.24, 2.45) is 0 Å². The molecule has 5 atom stereocenters. The molecule has 0 radical (unpaired) electrons. The average Bonchev–Trinajstić information content (AvgIpc) is 3.34. The van der Waals surface area contributed by atoms with Crippen molar-refractivity contribution in [3.05, 3.63) is 104 Å². The van der Waals surface area contributed by atoms with Gasteiger partial charge in [-0.3, -0.25) is 23.7 Å². The Hall–Kier alpha value is -3.60. The highest BCUT2D eigenvalue weighted by atomic mass is 31.3. The van der Waals surface area contributed by atoms with Gasteiger partial charge in [-0.25, -0.2) is 18.5 Å². The largest absolute Gasteiger partial charge is 0.490 e. The summed E-state index contributed by atoms with van der Waals surface area (Å²) in [5.41, 5.74) is 0.461. The number of carbonyl (C=O) groups is 1. The molecule has 0 spiro atoms. The first kappa shape index (κ1) is 36.2. The summed E-state index contributed by atoms with van der Waals surface area (Å²) in [5.74, 6) is -0.589. The fraction of sp³-hybridized carbons (Fsp3) is 0.192. The number of phosphoric ester groups is 1. The van der Waals surface area contributed by atoms with Crippen molar-refractivity contribution in [2.45, 2.75) is 24.9 Å². The first-order valence-corrected chi connectivity index (χ1v) is 17.8. The molecule has 7 N–H and O–H groups in total. The van der Waals surface area contributed by atoms with Crippen LogP contribution in [-0.4, -0.2) is 59.0 Å². The van der Waals surface area contributed by atoms with Crippen LogP contribution in [-0.2, 0) is 36.4 Å². The molecule has 1 fully saturated rings. The summed E-state index contributed by atoms with van der Waals surface area (Å²) in [6.07, 6.45) is 2.70. The summed E-state index contributed by atoms with van der Waals surface area (Å²) in [5, 5.41) is 13.0. The highest BCUT2D eigenvalue weighted by Gasteiger charge is 2.43. The maximum atomic E-state index is 12.5. The lowest BCUT2D eigenvalue weighted by molar-refractivity contribution is -0.111. The normalized spacial score (nSPS) is 21.1. The summed E-state index contributed by atoms with van der Waals surface area (Å²) < 4.78 is 52.3. The summed E-state index contributed by atoms with van der Waals surface area (Å²) in [4.78, 5) is 75.5. The third-order valence-corrected chi connectivity index (χ3v) is 9.99. The number of rotatable bonds is 13. The van der Waals surface area contributed by atoms with Crippen molar-refractivity contribution in [1.82, 2.24) is 9.55 Å². The van der Waals surface area contributed by atoms with Gasteiger partial charge in [0.25, 0.3) is 5.56 Å². The molecular formula is C26H28N3O15P3. The van der Waals surface area contributed by atoms with Crippen LogP contribution in [0.5, 0.6) is 0 Å². The molecule has 3 aromatic rings. The molecule has 0 bridgehead atoms. The van der Waals surface area contributed by atoms with Gasteiger partial charge in [0.15, 0.2) is 0 Å². The molecule has 2 unspecified atom stereocenters. The Morgan fingerprint density at radius 3 is 2.21 bits per heavy atom. The fourth-order valence-electron chi connectivity index (χ4n) is 4.12. The third-order valence-electron chi connectivity index (χ3n) is 6.19. The molecule has 252 valence electrons. The van der Waals surface area contributed by atoms with E-state index in [9.17, 15) is 43.0 Å². The number of aliphatic hydroxyl groups excluding tert-OH is 1. The van der Waals surface area contributed by atoms with Crippen LogP contribution in [0.25, 0.3) is 18.2 Å². The Bertz CT molecular complexity index is 1900. The topological polar surface area (TPSA) is 273 Å². The maximum Gasteiger partial charge on any atom is 0.490 e. The highest BCUT2D eigenvalue weighted by Crippen LogP contribution is 2.66. The number of benzene rings is 2. The van der Waals surface area contributed by atoms with Gasteiger partial charge in [0.1, 0.15) is 12.3 Å². The van der Waals surface area contributed by atoms with E-state index in [-0.39, 0.29) is 12.0 Å². The molecule has 0 aliphatic carbocycles. The molecule has 21 heteroatoms. The van der Waals surface area contributed by atoms with Gasteiger partial charge < -0.3 is 34.7 Å². The second-order valence-electron chi connectivity index (χ2n) is 9.76. The zero-order valence-corrected chi connectivity index (χ0v) is 26.5. The number of hydrogen-bond donors (Lipinski definition) is 7. The van der Waals surface area contributed by atoms with Crippen molar-refractivity contribution in [3.63, 3.8) is 0 Å². The first-order chi connectivity index (χ1) is 22.0. The van der Waals surface area contributed by atoms with E-state index < -0.39 is 65.7 Å². The Morgan fingerprint density at radius 2 is 1.57 bits per heavy atom. The number of amides is 1. The van der Waals surface area contributed by atoms with Crippen LogP contribution in [0.15, 0.2) is 76.5 Å².